The van der Waals surface area contributed by atoms with Crippen LogP contribution in [0.4, 0.5) is 0 Å². The van der Waals surface area contributed by atoms with E-state index in [0.717, 1.165) is 65.1 Å². The number of nitrogens with zero attached hydrogens (tertiary/aromatic N) is 2. The molecule has 3 rings (SSSR count). The summed E-state index contributed by atoms with van der Waals surface area (Å²) in [6, 6.07) is -0.360. The van der Waals surface area contributed by atoms with Crippen molar-refractivity contribution in [2.45, 2.75) is 50.7 Å². The molecule has 0 bridgehead atoms. The summed E-state index contributed by atoms with van der Waals surface area (Å²) in [7, 11) is 0. The first-order valence-corrected chi connectivity index (χ1v) is 9.70. The average Bonchev–Trinajstić information content (AvgIpc) is 3.15. The second kappa shape index (κ2) is 12.4. The molecule has 3 fully saturated rings. The van der Waals surface area contributed by atoms with Crippen molar-refractivity contribution in [3.8, 4) is 0 Å². The highest BCUT2D eigenvalue weighted by Crippen LogP contribution is 2.21. The molecular formula is C18H35Cl2N3O3. The Kier molecular flexibility index (Phi) is 11.4. The molecule has 0 radical (unpaired) electrons. The van der Waals surface area contributed by atoms with Crippen LogP contribution in [0.2, 0.25) is 0 Å². The van der Waals surface area contributed by atoms with Crippen molar-refractivity contribution in [1.82, 2.24) is 9.80 Å². The molecule has 26 heavy (non-hydrogen) atoms. The van der Waals surface area contributed by atoms with Gasteiger partial charge in [0.15, 0.2) is 0 Å². The minimum atomic E-state index is -0.360. The van der Waals surface area contributed by atoms with Crippen molar-refractivity contribution in [2.24, 2.45) is 11.7 Å². The number of hydrogen-bond donors (Lipinski definition) is 1. The Bertz CT molecular complexity index is 397. The topological polar surface area (TPSA) is 68.0 Å². The summed E-state index contributed by atoms with van der Waals surface area (Å²) >= 11 is 0. The number of carbonyl (C=O) groups is 1. The second-order valence-corrected chi connectivity index (χ2v) is 7.42. The van der Waals surface area contributed by atoms with E-state index < -0.39 is 0 Å². The Balaban J connectivity index is 0.00000169. The number of likely N-dealkylation sites (tertiary alicyclic amines) is 2. The zero-order chi connectivity index (χ0) is 16.8. The molecule has 0 aromatic rings. The molecule has 0 aromatic carbocycles. The highest BCUT2D eigenvalue weighted by atomic mass is 35.5. The van der Waals surface area contributed by atoms with Crippen LogP contribution in [0.3, 0.4) is 0 Å². The normalized spacial score (nSPS) is 24.0. The van der Waals surface area contributed by atoms with Crippen LogP contribution in [0.25, 0.3) is 0 Å². The Labute approximate surface area is 169 Å². The minimum Gasteiger partial charge on any atom is -0.381 e. The molecule has 3 aliphatic heterocycles. The standard InChI is InChI=1S/C18H33N3O3.2ClH/c19-17(15-5-12-23-13-6-15)18(22)21-9-3-16(4-10-21)24-14-11-20-7-1-2-8-20;;/h15-17H,1-14,19H2;2*1H. The summed E-state index contributed by atoms with van der Waals surface area (Å²) in [5.74, 6) is 0.401. The quantitative estimate of drug-likeness (QED) is 0.719. The highest BCUT2D eigenvalue weighted by molar-refractivity contribution is 5.85. The van der Waals surface area contributed by atoms with Crippen LogP contribution >= 0.6 is 24.8 Å². The van der Waals surface area contributed by atoms with Crippen LogP contribution in [0.15, 0.2) is 0 Å². The molecule has 1 amide bonds. The molecular weight excluding hydrogens is 377 g/mol. The van der Waals surface area contributed by atoms with Crippen LogP contribution in [0.5, 0.6) is 0 Å². The van der Waals surface area contributed by atoms with Gasteiger partial charge >= 0.3 is 0 Å². The van der Waals surface area contributed by atoms with Crippen molar-refractivity contribution in [2.75, 3.05) is 52.5 Å². The van der Waals surface area contributed by atoms with Crippen molar-refractivity contribution >= 4 is 30.7 Å². The third kappa shape index (κ3) is 6.80. The Morgan fingerprint density at radius 1 is 1.04 bits per heavy atom. The number of nitrogens with two attached hydrogens (primary N) is 1. The van der Waals surface area contributed by atoms with Crippen LogP contribution in [0.1, 0.15) is 38.5 Å². The monoisotopic (exact) mass is 411 g/mol. The first-order valence-electron chi connectivity index (χ1n) is 9.70. The lowest BCUT2D eigenvalue weighted by Gasteiger charge is -2.36. The van der Waals surface area contributed by atoms with Gasteiger partial charge in [0.05, 0.1) is 18.8 Å². The van der Waals surface area contributed by atoms with E-state index in [1.807, 2.05) is 4.90 Å². The Morgan fingerprint density at radius 3 is 2.27 bits per heavy atom. The third-order valence-corrected chi connectivity index (χ3v) is 5.77. The molecule has 3 heterocycles. The van der Waals surface area contributed by atoms with Crippen LogP contribution < -0.4 is 5.73 Å². The fourth-order valence-electron chi connectivity index (χ4n) is 4.08. The van der Waals surface area contributed by atoms with Gasteiger partial charge in [-0.1, -0.05) is 0 Å². The molecule has 1 atom stereocenters. The fraction of sp³-hybridized carbons (Fsp3) is 0.944. The van der Waals surface area contributed by atoms with Crippen LogP contribution in [-0.2, 0) is 14.3 Å². The van der Waals surface area contributed by atoms with Gasteiger partial charge in [-0.2, -0.15) is 0 Å². The zero-order valence-electron chi connectivity index (χ0n) is 15.6. The van der Waals surface area contributed by atoms with Gasteiger partial charge in [0.1, 0.15) is 0 Å². The van der Waals surface area contributed by atoms with Gasteiger partial charge in [-0.3, -0.25) is 4.79 Å². The first kappa shape index (κ1) is 23.9. The van der Waals surface area contributed by atoms with Crippen molar-refractivity contribution < 1.29 is 14.3 Å². The number of amides is 1. The number of rotatable bonds is 6. The number of ether oxygens (including phenoxy) is 2. The summed E-state index contributed by atoms with van der Waals surface area (Å²) in [6.45, 7) is 7.35. The number of hydrogen-bond acceptors (Lipinski definition) is 5. The van der Waals surface area contributed by atoms with Crippen LogP contribution in [-0.4, -0.2) is 80.4 Å². The molecule has 8 heteroatoms. The molecule has 0 saturated carbocycles. The first-order chi connectivity index (χ1) is 11.7. The lowest BCUT2D eigenvalue weighted by atomic mass is 9.91. The molecule has 1 unspecified atom stereocenters. The summed E-state index contributed by atoms with van der Waals surface area (Å²) in [5, 5.41) is 0. The molecule has 154 valence electrons. The Hall–Kier alpha value is -0.110. The van der Waals surface area contributed by atoms with Crippen molar-refractivity contribution in [1.29, 1.82) is 0 Å². The van der Waals surface area contributed by atoms with Crippen molar-refractivity contribution in [3.05, 3.63) is 0 Å². The number of halogens is 2. The highest BCUT2D eigenvalue weighted by Gasteiger charge is 2.32. The van der Waals surface area contributed by atoms with Gasteiger partial charge in [0.2, 0.25) is 5.91 Å². The average molecular weight is 412 g/mol. The summed E-state index contributed by atoms with van der Waals surface area (Å²) in [5.41, 5.74) is 6.22. The van der Waals surface area contributed by atoms with E-state index in [4.69, 9.17) is 15.2 Å². The predicted molar refractivity (Wildman–Crippen MR) is 107 cm³/mol. The third-order valence-electron chi connectivity index (χ3n) is 5.77. The zero-order valence-corrected chi connectivity index (χ0v) is 17.3. The van der Waals surface area contributed by atoms with Gasteiger partial charge in [-0.05, 0) is 57.5 Å². The minimum absolute atomic E-state index is 0. The maximum atomic E-state index is 12.6. The maximum absolute atomic E-state index is 12.6. The predicted octanol–water partition coefficient (Wildman–Crippen LogP) is 1.69. The maximum Gasteiger partial charge on any atom is 0.239 e. The van der Waals surface area contributed by atoms with E-state index >= 15 is 0 Å². The molecule has 3 aliphatic rings. The van der Waals surface area contributed by atoms with Crippen LogP contribution in [0, 0.1) is 5.92 Å². The summed E-state index contributed by atoms with van der Waals surface area (Å²) in [6.07, 6.45) is 6.64. The molecule has 0 aromatic heterocycles. The van der Waals surface area contributed by atoms with Gasteiger partial charge in [-0.15, -0.1) is 24.8 Å². The van der Waals surface area contributed by atoms with Gasteiger partial charge in [0, 0.05) is 32.8 Å². The summed E-state index contributed by atoms with van der Waals surface area (Å²) in [4.78, 5) is 17.0. The lowest BCUT2D eigenvalue weighted by molar-refractivity contribution is -0.137. The molecule has 3 saturated heterocycles. The van der Waals surface area contributed by atoms with Gasteiger partial charge in [0.25, 0.3) is 0 Å². The van der Waals surface area contributed by atoms with E-state index in [2.05, 4.69) is 4.90 Å². The number of piperidine rings is 1. The van der Waals surface area contributed by atoms with Gasteiger partial charge in [-0.25, -0.2) is 0 Å². The lowest BCUT2D eigenvalue weighted by Crippen LogP contribution is -2.51. The SMILES string of the molecule is Cl.Cl.NC(C(=O)N1CCC(OCCN2CCCC2)CC1)C1CCOCC1. The Morgan fingerprint density at radius 2 is 1.65 bits per heavy atom. The van der Waals surface area contributed by atoms with E-state index in [0.29, 0.717) is 6.10 Å². The summed E-state index contributed by atoms with van der Waals surface area (Å²) < 4.78 is 11.4. The largest absolute Gasteiger partial charge is 0.381 e. The fourth-order valence-corrected chi connectivity index (χ4v) is 4.08. The molecule has 0 spiro atoms. The van der Waals surface area contributed by atoms with E-state index in [-0.39, 0.29) is 42.7 Å². The van der Waals surface area contributed by atoms with E-state index in [1.54, 1.807) is 0 Å². The van der Waals surface area contributed by atoms with Crippen molar-refractivity contribution in [3.63, 3.8) is 0 Å². The second-order valence-electron chi connectivity index (χ2n) is 7.42. The molecule has 0 aliphatic carbocycles. The molecule has 2 N–H and O–H groups in total. The van der Waals surface area contributed by atoms with E-state index in [1.165, 1.54) is 25.9 Å². The number of carbonyl (C=O) groups excluding carboxylic acids is 1. The molecule has 6 nitrogen and oxygen atoms in total. The van der Waals surface area contributed by atoms with Gasteiger partial charge < -0.3 is 25.0 Å². The van der Waals surface area contributed by atoms with E-state index in [9.17, 15) is 4.79 Å². The smallest absolute Gasteiger partial charge is 0.239 e.